The van der Waals surface area contributed by atoms with E-state index in [9.17, 15) is 0 Å². The highest BCUT2D eigenvalue weighted by atomic mass is 16.6. The van der Waals surface area contributed by atoms with Gasteiger partial charge in [-0.05, 0) is 41.5 Å². The second-order valence-corrected chi connectivity index (χ2v) is 5.42. The summed E-state index contributed by atoms with van der Waals surface area (Å²) >= 11 is 0. The van der Waals surface area contributed by atoms with Crippen molar-refractivity contribution in [2.45, 2.75) is 65.1 Å². The third kappa shape index (κ3) is 12.8. The second-order valence-electron chi connectivity index (χ2n) is 5.42. The summed E-state index contributed by atoms with van der Waals surface area (Å²) in [5.74, 6) is 0. The Morgan fingerprint density at radius 3 is 1.40 bits per heavy atom. The average molecular weight is 291 g/mol. The van der Waals surface area contributed by atoms with Gasteiger partial charge in [0.15, 0.2) is 0 Å². The first-order valence-corrected chi connectivity index (χ1v) is 7.28. The van der Waals surface area contributed by atoms with Gasteiger partial charge in [0.2, 0.25) is 0 Å². The van der Waals surface area contributed by atoms with Crippen molar-refractivity contribution in [1.29, 1.82) is 0 Å². The van der Waals surface area contributed by atoms with Gasteiger partial charge in [0.25, 0.3) is 0 Å². The molecule has 5 unspecified atom stereocenters. The van der Waals surface area contributed by atoms with Gasteiger partial charge < -0.3 is 24.1 Å². The van der Waals surface area contributed by atoms with Gasteiger partial charge >= 0.3 is 0 Å². The number of hydrogen-bond acceptors (Lipinski definition) is 5. The molecule has 0 heterocycles. The smallest absolute Gasteiger partial charge is 0.0781 e. The average Bonchev–Trinajstić information content (AvgIpc) is 2.37. The molecular weight excluding hydrogens is 260 g/mol. The van der Waals surface area contributed by atoms with Crippen LogP contribution in [0.5, 0.6) is 0 Å². The van der Waals surface area contributed by atoms with E-state index in [1.807, 2.05) is 27.7 Å². The minimum atomic E-state index is -0.450. The molecule has 5 nitrogen and oxygen atoms in total. The summed E-state index contributed by atoms with van der Waals surface area (Å²) in [6, 6.07) is 0. The zero-order valence-corrected chi connectivity index (χ0v) is 13.5. The first-order chi connectivity index (χ1) is 9.31. The fourth-order valence-corrected chi connectivity index (χ4v) is 1.35. The molecular formula is C15H31O5. The van der Waals surface area contributed by atoms with E-state index in [0.29, 0.717) is 26.4 Å². The van der Waals surface area contributed by atoms with Crippen molar-refractivity contribution in [3.05, 3.63) is 6.92 Å². The van der Waals surface area contributed by atoms with E-state index >= 15 is 0 Å². The van der Waals surface area contributed by atoms with Crippen LogP contribution >= 0.6 is 0 Å². The van der Waals surface area contributed by atoms with Gasteiger partial charge in [-0.1, -0.05) is 0 Å². The molecule has 0 aromatic carbocycles. The Kier molecular flexibility index (Phi) is 11.3. The molecule has 0 saturated heterocycles. The van der Waals surface area contributed by atoms with Crippen LogP contribution in [-0.2, 0) is 18.9 Å². The molecule has 1 radical (unpaired) electrons. The quantitative estimate of drug-likeness (QED) is 0.594. The zero-order chi connectivity index (χ0) is 15.5. The predicted molar refractivity (Wildman–Crippen MR) is 78.7 cm³/mol. The molecule has 121 valence electrons. The Bertz CT molecular complexity index is 198. The number of aliphatic hydroxyl groups is 1. The minimum Gasteiger partial charge on any atom is -0.391 e. The van der Waals surface area contributed by atoms with Crippen molar-refractivity contribution >= 4 is 0 Å². The molecule has 0 saturated carbocycles. The van der Waals surface area contributed by atoms with E-state index in [0.717, 1.165) is 0 Å². The molecule has 20 heavy (non-hydrogen) atoms. The fourth-order valence-electron chi connectivity index (χ4n) is 1.35. The molecule has 0 rings (SSSR count). The maximum Gasteiger partial charge on any atom is 0.0781 e. The van der Waals surface area contributed by atoms with Gasteiger partial charge in [-0.2, -0.15) is 0 Å². The largest absolute Gasteiger partial charge is 0.391 e. The normalized spacial score (nSPS) is 18.0. The van der Waals surface area contributed by atoms with Crippen LogP contribution in [0, 0.1) is 6.92 Å². The van der Waals surface area contributed by atoms with Gasteiger partial charge in [-0.3, -0.25) is 0 Å². The van der Waals surface area contributed by atoms with Crippen molar-refractivity contribution in [2.24, 2.45) is 0 Å². The molecule has 0 aromatic rings. The lowest BCUT2D eigenvalue weighted by molar-refractivity contribution is -0.0888. The Balaban J connectivity index is 3.59. The fraction of sp³-hybridized carbons (Fsp3) is 0.933. The maximum atomic E-state index is 9.11. The van der Waals surface area contributed by atoms with E-state index < -0.39 is 6.10 Å². The van der Waals surface area contributed by atoms with E-state index in [1.54, 1.807) is 6.92 Å². The zero-order valence-electron chi connectivity index (χ0n) is 13.5. The molecule has 0 aliphatic carbocycles. The van der Waals surface area contributed by atoms with Gasteiger partial charge in [-0.25, -0.2) is 0 Å². The first kappa shape index (κ1) is 19.8. The van der Waals surface area contributed by atoms with Crippen molar-refractivity contribution < 1.29 is 24.1 Å². The third-order valence-electron chi connectivity index (χ3n) is 2.47. The molecule has 0 aromatic heterocycles. The maximum absolute atomic E-state index is 9.11. The van der Waals surface area contributed by atoms with E-state index in [1.165, 1.54) is 0 Å². The Morgan fingerprint density at radius 1 is 0.700 bits per heavy atom. The van der Waals surface area contributed by atoms with Crippen LogP contribution in [0.15, 0.2) is 0 Å². The standard InChI is InChI=1S/C15H31O5/c1-11(2)17-8-13(4)19-10-15(6)20-9-14(5)18-7-12(3)16/h11-16H,1,7-10H2,2-6H3. The number of rotatable bonds is 12. The van der Waals surface area contributed by atoms with Crippen LogP contribution < -0.4 is 0 Å². The van der Waals surface area contributed by atoms with Crippen LogP contribution in [0.25, 0.3) is 0 Å². The number of ether oxygens (including phenoxy) is 4. The van der Waals surface area contributed by atoms with Crippen LogP contribution in [0.2, 0.25) is 0 Å². The number of aliphatic hydroxyl groups excluding tert-OH is 1. The SMILES string of the molecule is [CH2]C(C)OCC(C)OCC(C)OCC(C)OCC(C)O. The Hall–Kier alpha value is -0.200. The summed E-state index contributed by atoms with van der Waals surface area (Å²) in [5.41, 5.74) is 0. The van der Waals surface area contributed by atoms with Gasteiger partial charge in [0, 0.05) is 0 Å². The predicted octanol–water partition coefficient (Wildman–Crippen LogP) is 1.82. The van der Waals surface area contributed by atoms with Crippen molar-refractivity contribution in [2.75, 3.05) is 26.4 Å². The highest BCUT2D eigenvalue weighted by Crippen LogP contribution is 2.02. The monoisotopic (exact) mass is 291 g/mol. The lowest BCUT2D eigenvalue weighted by atomic mass is 10.3. The topological polar surface area (TPSA) is 57.2 Å². The first-order valence-electron chi connectivity index (χ1n) is 7.28. The van der Waals surface area contributed by atoms with E-state index in [2.05, 4.69) is 6.92 Å². The molecule has 0 bridgehead atoms. The van der Waals surface area contributed by atoms with Gasteiger partial charge in [-0.15, -0.1) is 0 Å². The Morgan fingerprint density at radius 2 is 1.05 bits per heavy atom. The van der Waals surface area contributed by atoms with Crippen molar-refractivity contribution in [3.8, 4) is 0 Å². The third-order valence-corrected chi connectivity index (χ3v) is 2.47. The second kappa shape index (κ2) is 11.5. The van der Waals surface area contributed by atoms with Crippen LogP contribution in [-0.4, -0.2) is 62.1 Å². The van der Waals surface area contributed by atoms with Gasteiger partial charge in [0.1, 0.15) is 0 Å². The molecule has 0 amide bonds. The van der Waals surface area contributed by atoms with Crippen molar-refractivity contribution in [3.63, 3.8) is 0 Å². The molecule has 0 fully saturated rings. The van der Waals surface area contributed by atoms with E-state index in [-0.39, 0.29) is 24.4 Å². The highest BCUT2D eigenvalue weighted by Gasteiger charge is 2.11. The van der Waals surface area contributed by atoms with Crippen LogP contribution in [0.1, 0.15) is 34.6 Å². The van der Waals surface area contributed by atoms with Crippen molar-refractivity contribution in [1.82, 2.24) is 0 Å². The molecule has 1 N–H and O–H groups in total. The molecule has 0 spiro atoms. The minimum absolute atomic E-state index is 0.00720. The van der Waals surface area contributed by atoms with Gasteiger partial charge in [0.05, 0.1) is 56.9 Å². The summed E-state index contributed by atoms with van der Waals surface area (Å²) in [5, 5.41) is 9.11. The Labute approximate surface area is 123 Å². The summed E-state index contributed by atoms with van der Waals surface area (Å²) in [6.07, 6.45) is -0.502. The van der Waals surface area contributed by atoms with E-state index in [4.69, 9.17) is 24.1 Å². The molecule has 5 heteroatoms. The number of hydrogen-bond donors (Lipinski definition) is 1. The molecule has 0 aliphatic rings. The lowest BCUT2D eigenvalue weighted by Gasteiger charge is -2.20. The molecule has 0 aliphatic heterocycles. The summed E-state index contributed by atoms with van der Waals surface area (Å²) in [4.78, 5) is 0. The molecule has 5 atom stereocenters. The summed E-state index contributed by atoms with van der Waals surface area (Å²) < 4.78 is 22.0. The highest BCUT2D eigenvalue weighted by molar-refractivity contribution is 4.57. The summed E-state index contributed by atoms with van der Waals surface area (Å²) in [6.45, 7) is 15.0. The lowest BCUT2D eigenvalue weighted by Crippen LogP contribution is -2.28. The van der Waals surface area contributed by atoms with Crippen LogP contribution in [0.3, 0.4) is 0 Å². The summed E-state index contributed by atoms with van der Waals surface area (Å²) in [7, 11) is 0. The van der Waals surface area contributed by atoms with Crippen LogP contribution in [0.4, 0.5) is 0 Å².